The Balaban J connectivity index is 1.91. The number of hydrogen-bond donors (Lipinski definition) is 0. The minimum absolute atomic E-state index is 0.503. The highest BCUT2D eigenvalue weighted by atomic mass is 32.1. The zero-order chi connectivity index (χ0) is 12.5. The van der Waals surface area contributed by atoms with E-state index in [4.69, 9.17) is 0 Å². The Morgan fingerprint density at radius 3 is 2.89 bits per heavy atom. The molecule has 0 unspecified atom stereocenters. The second-order valence-electron chi connectivity index (χ2n) is 4.69. The van der Waals surface area contributed by atoms with Crippen molar-refractivity contribution in [3.63, 3.8) is 0 Å². The average Bonchev–Trinajstić information content (AvgIpc) is 2.98. The first-order valence-corrected chi connectivity index (χ1v) is 6.96. The predicted molar refractivity (Wildman–Crippen MR) is 75.0 cm³/mol. The van der Waals surface area contributed by atoms with E-state index in [0.717, 1.165) is 23.3 Å². The third kappa shape index (κ3) is 2.04. The number of nitrogens with zero attached hydrogens (tertiary/aromatic N) is 3. The quantitative estimate of drug-likeness (QED) is 0.717. The van der Waals surface area contributed by atoms with E-state index < -0.39 is 0 Å². The maximum absolute atomic E-state index is 4.66. The van der Waals surface area contributed by atoms with Gasteiger partial charge in [0, 0.05) is 11.3 Å². The predicted octanol–water partition coefficient (Wildman–Crippen LogP) is 3.66. The van der Waals surface area contributed by atoms with Crippen LogP contribution in [0.25, 0.3) is 11.0 Å². The molecule has 3 aromatic rings. The highest BCUT2D eigenvalue weighted by Gasteiger charge is 2.07. The van der Waals surface area contributed by atoms with E-state index in [1.807, 2.05) is 24.5 Å². The SMILES string of the molecule is CC(C)c1nc(Cn2cnc3ccccc32)cs1. The molecule has 0 radical (unpaired) electrons. The zero-order valence-corrected chi connectivity index (χ0v) is 11.3. The zero-order valence-electron chi connectivity index (χ0n) is 10.5. The van der Waals surface area contributed by atoms with Gasteiger partial charge in [-0.05, 0) is 12.1 Å². The molecule has 3 nitrogen and oxygen atoms in total. The summed E-state index contributed by atoms with van der Waals surface area (Å²) in [4.78, 5) is 9.06. The third-order valence-electron chi connectivity index (χ3n) is 2.92. The fourth-order valence-electron chi connectivity index (χ4n) is 1.97. The lowest BCUT2D eigenvalue weighted by Gasteiger charge is -2.01. The second kappa shape index (κ2) is 4.53. The summed E-state index contributed by atoms with van der Waals surface area (Å²) in [5.74, 6) is 0.503. The van der Waals surface area contributed by atoms with Crippen LogP contribution >= 0.6 is 11.3 Å². The second-order valence-corrected chi connectivity index (χ2v) is 5.58. The molecular weight excluding hydrogens is 242 g/mol. The number of para-hydroxylation sites is 2. The van der Waals surface area contributed by atoms with Gasteiger partial charge in [-0.25, -0.2) is 9.97 Å². The Bertz CT molecular complexity index is 666. The summed E-state index contributed by atoms with van der Waals surface area (Å²) in [5, 5.41) is 3.35. The molecule has 2 aromatic heterocycles. The van der Waals surface area contributed by atoms with Crippen molar-refractivity contribution in [2.24, 2.45) is 0 Å². The molecule has 0 aliphatic carbocycles. The standard InChI is InChI=1S/C14H15N3S/c1-10(2)14-16-11(8-18-14)7-17-9-15-12-5-3-4-6-13(12)17/h3-6,8-10H,7H2,1-2H3. The largest absolute Gasteiger partial charge is 0.324 e. The van der Waals surface area contributed by atoms with E-state index in [1.165, 1.54) is 5.01 Å². The van der Waals surface area contributed by atoms with Gasteiger partial charge in [0.1, 0.15) is 0 Å². The number of rotatable bonds is 3. The lowest BCUT2D eigenvalue weighted by atomic mass is 10.2. The lowest BCUT2D eigenvalue weighted by molar-refractivity contribution is 0.781. The summed E-state index contributed by atoms with van der Waals surface area (Å²) < 4.78 is 2.15. The van der Waals surface area contributed by atoms with E-state index in [2.05, 4.69) is 39.8 Å². The van der Waals surface area contributed by atoms with Crippen LogP contribution < -0.4 is 0 Å². The molecule has 18 heavy (non-hydrogen) atoms. The molecule has 2 heterocycles. The molecule has 0 amide bonds. The Morgan fingerprint density at radius 2 is 2.11 bits per heavy atom. The van der Waals surface area contributed by atoms with Gasteiger partial charge >= 0.3 is 0 Å². The van der Waals surface area contributed by atoms with Crippen molar-refractivity contribution in [3.05, 3.63) is 46.7 Å². The van der Waals surface area contributed by atoms with Crippen molar-refractivity contribution >= 4 is 22.4 Å². The van der Waals surface area contributed by atoms with Crippen LogP contribution in [0.2, 0.25) is 0 Å². The summed E-state index contributed by atoms with van der Waals surface area (Å²) in [7, 11) is 0. The molecule has 0 spiro atoms. The van der Waals surface area contributed by atoms with Gasteiger partial charge < -0.3 is 4.57 Å². The Kier molecular flexibility index (Phi) is 2.88. The molecule has 1 aromatic carbocycles. The van der Waals surface area contributed by atoms with Crippen molar-refractivity contribution in [2.45, 2.75) is 26.3 Å². The molecule has 0 atom stereocenters. The summed E-state index contributed by atoms with van der Waals surface area (Å²) in [6.07, 6.45) is 1.89. The molecule has 0 aliphatic rings. The van der Waals surface area contributed by atoms with Crippen LogP contribution in [0.15, 0.2) is 36.0 Å². The Labute approximate surface area is 110 Å². The van der Waals surface area contributed by atoms with Crippen molar-refractivity contribution in [1.82, 2.24) is 14.5 Å². The van der Waals surface area contributed by atoms with Gasteiger partial charge in [0.15, 0.2) is 0 Å². The number of benzene rings is 1. The highest BCUT2D eigenvalue weighted by Crippen LogP contribution is 2.20. The fourth-order valence-corrected chi connectivity index (χ4v) is 2.80. The van der Waals surface area contributed by atoms with Gasteiger partial charge in [-0.15, -0.1) is 11.3 Å². The van der Waals surface area contributed by atoms with Crippen LogP contribution in [0, 0.1) is 0 Å². The Morgan fingerprint density at radius 1 is 1.28 bits per heavy atom. The molecule has 4 heteroatoms. The number of thiazole rings is 1. The van der Waals surface area contributed by atoms with Crippen LogP contribution in [-0.4, -0.2) is 14.5 Å². The molecule has 3 rings (SSSR count). The summed E-state index contributed by atoms with van der Waals surface area (Å²) >= 11 is 1.74. The molecule has 92 valence electrons. The van der Waals surface area contributed by atoms with Gasteiger partial charge in [0.05, 0.1) is 34.6 Å². The van der Waals surface area contributed by atoms with Crippen molar-refractivity contribution in [2.75, 3.05) is 0 Å². The number of fused-ring (bicyclic) bond motifs is 1. The molecule has 0 saturated heterocycles. The van der Waals surface area contributed by atoms with Crippen molar-refractivity contribution < 1.29 is 0 Å². The van der Waals surface area contributed by atoms with Crippen LogP contribution in [0.3, 0.4) is 0 Å². The van der Waals surface area contributed by atoms with E-state index in [1.54, 1.807) is 11.3 Å². The van der Waals surface area contributed by atoms with E-state index >= 15 is 0 Å². The van der Waals surface area contributed by atoms with E-state index in [-0.39, 0.29) is 0 Å². The maximum atomic E-state index is 4.66. The summed E-state index contributed by atoms with van der Waals surface area (Å²) in [6.45, 7) is 5.15. The van der Waals surface area contributed by atoms with Gasteiger partial charge in [0.25, 0.3) is 0 Å². The maximum Gasteiger partial charge on any atom is 0.0962 e. The van der Waals surface area contributed by atoms with Gasteiger partial charge in [-0.3, -0.25) is 0 Å². The minimum Gasteiger partial charge on any atom is -0.324 e. The molecule has 0 saturated carbocycles. The van der Waals surface area contributed by atoms with Crippen LogP contribution in [0.5, 0.6) is 0 Å². The summed E-state index contributed by atoms with van der Waals surface area (Å²) in [6, 6.07) is 8.19. The Hall–Kier alpha value is -1.68. The fraction of sp³-hybridized carbons (Fsp3) is 0.286. The number of hydrogen-bond acceptors (Lipinski definition) is 3. The number of imidazole rings is 1. The van der Waals surface area contributed by atoms with Crippen LogP contribution in [0.1, 0.15) is 30.5 Å². The third-order valence-corrected chi connectivity index (χ3v) is 4.12. The van der Waals surface area contributed by atoms with Crippen molar-refractivity contribution in [1.29, 1.82) is 0 Å². The van der Waals surface area contributed by atoms with E-state index in [0.29, 0.717) is 5.92 Å². The molecular formula is C14H15N3S. The monoisotopic (exact) mass is 257 g/mol. The van der Waals surface area contributed by atoms with Gasteiger partial charge in [-0.2, -0.15) is 0 Å². The first-order chi connectivity index (χ1) is 8.74. The van der Waals surface area contributed by atoms with Gasteiger partial charge in [-0.1, -0.05) is 26.0 Å². The van der Waals surface area contributed by atoms with Crippen LogP contribution in [0.4, 0.5) is 0 Å². The average molecular weight is 257 g/mol. The number of aromatic nitrogens is 3. The highest BCUT2D eigenvalue weighted by molar-refractivity contribution is 7.09. The molecule has 0 bridgehead atoms. The van der Waals surface area contributed by atoms with E-state index in [9.17, 15) is 0 Å². The van der Waals surface area contributed by atoms with Gasteiger partial charge in [0.2, 0.25) is 0 Å². The summed E-state index contributed by atoms with van der Waals surface area (Å²) in [5.41, 5.74) is 3.32. The first kappa shape index (κ1) is 11.4. The first-order valence-electron chi connectivity index (χ1n) is 6.08. The topological polar surface area (TPSA) is 30.7 Å². The normalized spacial score (nSPS) is 11.5. The molecule has 0 N–H and O–H groups in total. The molecule has 0 fully saturated rings. The smallest absolute Gasteiger partial charge is 0.0962 e. The lowest BCUT2D eigenvalue weighted by Crippen LogP contribution is -1.98. The minimum atomic E-state index is 0.503. The van der Waals surface area contributed by atoms with Crippen molar-refractivity contribution in [3.8, 4) is 0 Å². The molecule has 0 aliphatic heterocycles. The van der Waals surface area contributed by atoms with Crippen LogP contribution in [-0.2, 0) is 6.54 Å².